The van der Waals surface area contributed by atoms with Crippen molar-refractivity contribution in [3.8, 4) is 5.75 Å². The van der Waals surface area contributed by atoms with Crippen LogP contribution in [0, 0.1) is 0 Å². The van der Waals surface area contributed by atoms with E-state index in [1.54, 1.807) is 18.2 Å². The first kappa shape index (κ1) is 15.1. The lowest BCUT2D eigenvalue weighted by Gasteiger charge is -2.09. The van der Waals surface area contributed by atoms with Gasteiger partial charge in [-0.25, -0.2) is 4.79 Å². The Balaban J connectivity index is 0.00000180. The summed E-state index contributed by atoms with van der Waals surface area (Å²) >= 11 is 0. The van der Waals surface area contributed by atoms with E-state index in [1.165, 1.54) is 0 Å². The molecule has 3 N–H and O–H groups in total. The van der Waals surface area contributed by atoms with Crippen molar-refractivity contribution in [2.45, 2.75) is 13.3 Å². The zero-order valence-electron chi connectivity index (χ0n) is 10.6. The van der Waals surface area contributed by atoms with E-state index in [4.69, 9.17) is 0 Å². The summed E-state index contributed by atoms with van der Waals surface area (Å²) in [5, 5.41) is 16.8. The van der Waals surface area contributed by atoms with Crippen molar-refractivity contribution in [2.75, 3.05) is 11.9 Å². The highest BCUT2D eigenvalue weighted by molar-refractivity contribution is 6.01. The van der Waals surface area contributed by atoms with E-state index in [9.17, 15) is 9.90 Å². The number of amides is 2. The number of urea groups is 1. The molecule has 102 valence electrons. The number of fused-ring (bicyclic) bond motifs is 1. The molecule has 0 spiro atoms. The summed E-state index contributed by atoms with van der Waals surface area (Å²) in [7, 11) is 0. The van der Waals surface area contributed by atoms with Crippen LogP contribution in [0.5, 0.6) is 5.75 Å². The van der Waals surface area contributed by atoms with Gasteiger partial charge in [0, 0.05) is 11.9 Å². The average Bonchev–Trinajstić information content (AvgIpc) is 2.36. The van der Waals surface area contributed by atoms with Crippen LogP contribution in [0.25, 0.3) is 10.8 Å². The third kappa shape index (κ3) is 3.76. The van der Waals surface area contributed by atoms with Crippen LogP contribution in [0.2, 0.25) is 0 Å². The Labute approximate surface area is 118 Å². The van der Waals surface area contributed by atoms with Crippen molar-refractivity contribution < 1.29 is 9.90 Å². The second kappa shape index (κ2) is 6.85. The molecule has 0 unspecified atom stereocenters. The van der Waals surface area contributed by atoms with E-state index in [0.29, 0.717) is 6.54 Å². The van der Waals surface area contributed by atoms with Crippen molar-refractivity contribution in [1.82, 2.24) is 5.32 Å². The smallest absolute Gasteiger partial charge is 0.319 e. The number of hydrogen-bond donors (Lipinski definition) is 3. The zero-order chi connectivity index (χ0) is 13.0. The molecule has 5 heteroatoms. The Kier molecular flexibility index (Phi) is 5.45. The fraction of sp³-hybridized carbons (Fsp3) is 0.214. The number of phenols is 1. The number of anilines is 1. The van der Waals surface area contributed by atoms with Gasteiger partial charge in [-0.2, -0.15) is 0 Å². The molecular weight excluding hydrogens is 264 g/mol. The molecule has 0 bridgehead atoms. The third-order valence-electron chi connectivity index (χ3n) is 2.65. The van der Waals surface area contributed by atoms with Crippen LogP contribution in [0.3, 0.4) is 0 Å². The standard InChI is InChI=1S/C14H16N2O2.ClH/c1-2-8-15-14(18)16-13-5-3-4-10-9-11(17)6-7-12(10)13;/h3-7,9,17H,2,8H2,1H3,(H2,15,16,18);1H. The number of aromatic hydroxyl groups is 1. The van der Waals surface area contributed by atoms with Crippen LogP contribution < -0.4 is 10.6 Å². The van der Waals surface area contributed by atoms with Gasteiger partial charge in [-0.1, -0.05) is 19.1 Å². The van der Waals surface area contributed by atoms with Crippen LogP contribution in [0.15, 0.2) is 36.4 Å². The van der Waals surface area contributed by atoms with Gasteiger partial charge >= 0.3 is 6.03 Å². The number of rotatable bonds is 3. The van der Waals surface area contributed by atoms with Gasteiger partial charge < -0.3 is 15.7 Å². The SMILES string of the molecule is CCCNC(=O)Nc1cccc2cc(O)ccc12.Cl. The van der Waals surface area contributed by atoms with Crippen LogP contribution in [-0.4, -0.2) is 17.7 Å². The van der Waals surface area contributed by atoms with Gasteiger partial charge in [0.25, 0.3) is 0 Å². The second-order valence-electron chi connectivity index (χ2n) is 4.09. The van der Waals surface area contributed by atoms with Gasteiger partial charge in [-0.15, -0.1) is 12.4 Å². The summed E-state index contributed by atoms with van der Waals surface area (Å²) in [4.78, 5) is 11.6. The lowest BCUT2D eigenvalue weighted by molar-refractivity contribution is 0.252. The summed E-state index contributed by atoms with van der Waals surface area (Å²) in [6, 6.07) is 10.4. The first-order valence-electron chi connectivity index (χ1n) is 5.97. The topological polar surface area (TPSA) is 61.4 Å². The molecule has 0 saturated heterocycles. The molecule has 0 aliphatic carbocycles. The van der Waals surface area contributed by atoms with E-state index in [0.717, 1.165) is 22.9 Å². The van der Waals surface area contributed by atoms with E-state index in [2.05, 4.69) is 10.6 Å². The Bertz CT molecular complexity index is 572. The molecule has 0 aliphatic rings. The zero-order valence-corrected chi connectivity index (χ0v) is 11.5. The van der Waals surface area contributed by atoms with E-state index in [-0.39, 0.29) is 24.2 Å². The second-order valence-corrected chi connectivity index (χ2v) is 4.09. The first-order chi connectivity index (χ1) is 8.70. The molecule has 2 aromatic carbocycles. The number of hydrogen-bond acceptors (Lipinski definition) is 2. The molecule has 2 amide bonds. The van der Waals surface area contributed by atoms with E-state index >= 15 is 0 Å². The van der Waals surface area contributed by atoms with Gasteiger partial charge in [-0.3, -0.25) is 0 Å². The number of benzene rings is 2. The number of halogens is 1. The molecule has 4 nitrogen and oxygen atoms in total. The minimum Gasteiger partial charge on any atom is -0.508 e. The molecule has 2 rings (SSSR count). The lowest BCUT2D eigenvalue weighted by atomic mass is 10.1. The van der Waals surface area contributed by atoms with Crippen LogP contribution >= 0.6 is 12.4 Å². The van der Waals surface area contributed by atoms with Crippen molar-refractivity contribution in [1.29, 1.82) is 0 Å². The fourth-order valence-electron chi connectivity index (χ4n) is 1.79. The van der Waals surface area contributed by atoms with Gasteiger partial charge in [0.05, 0.1) is 5.69 Å². The maximum absolute atomic E-state index is 11.6. The largest absolute Gasteiger partial charge is 0.508 e. The summed E-state index contributed by atoms with van der Waals surface area (Å²) in [5.74, 6) is 0.218. The quantitative estimate of drug-likeness (QED) is 0.806. The highest BCUT2D eigenvalue weighted by Crippen LogP contribution is 2.26. The number of carbonyl (C=O) groups excluding carboxylic acids is 1. The molecule has 0 heterocycles. The molecule has 0 aromatic heterocycles. The number of nitrogens with one attached hydrogen (secondary N) is 2. The van der Waals surface area contributed by atoms with Crippen molar-refractivity contribution in [2.24, 2.45) is 0 Å². The molecule has 2 aromatic rings. The molecule has 19 heavy (non-hydrogen) atoms. The van der Waals surface area contributed by atoms with Crippen molar-refractivity contribution >= 4 is 34.9 Å². The maximum Gasteiger partial charge on any atom is 0.319 e. The average molecular weight is 281 g/mol. The minimum absolute atomic E-state index is 0. The lowest BCUT2D eigenvalue weighted by Crippen LogP contribution is -2.29. The molecule has 0 radical (unpaired) electrons. The summed E-state index contributed by atoms with van der Waals surface area (Å²) in [6.45, 7) is 2.65. The number of carbonyl (C=O) groups is 1. The Morgan fingerprint density at radius 2 is 2.05 bits per heavy atom. The monoisotopic (exact) mass is 280 g/mol. The normalized spacial score (nSPS) is 9.74. The minimum atomic E-state index is -0.211. The Hall–Kier alpha value is -1.94. The first-order valence-corrected chi connectivity index (χ1v) is 5.97. The van der Waals surface area contributed by atoms with Gasteiger partial charge in [-0.05, 0) is 36.1 Å². The van der Waals surface area contributed by atoms with Gasteiger partial charge in [0.2, 0.25) is 0 Å². The van der Waals surface area contributed by atoms with E-state index in [1.807, 2.05) is 25.1 Å². The highest BCUT2D eigenvalue weighted by Gasteiger charge is 2.05. The highest BCUT2D eigenvalue weighted by atomic mass is 35.5. The summed E-state index contributed by atoms with van der Waals surface area (Å²) in [5.41, 5.74) is 0.737. The third-order valence-corrected chi connectivity index (χ3v) is 2.65. The summed E-state index contributed by atoms with van der Waals surface area (Å²) in [6.07, 6.45) is 0.900. The molecule has 0 fully saturated rings. The van der Waals surface area contributed by atoms with Crippen LogP contribution in [-0.2, 0) is 0 Å². The van der Waals surface area contributed by atoms with Crippen LogP contribution in [0.4, 0.5) is 10.5 Å². The molecule has 0 saturated carbocycles. The Morgan fingerprint density at radius 3 is 2.79 bits per heavy atom. The van der Waals surface area contributed by atoms with Crippen molar-refractivity contribution in [3.05, 3.63) is 36.4 Å². The van der Waals surface area contributed by atoms with Gasteiger partial charge in [0.1, 0.15) is 5.75 Å². The Morgan fingerprint density at radius 1 is 1.26 bits per heavy atom. The maximum atomic E-state index is 11.6. The van der Waals surface area contributed by atoms with E-state index < -0.39 is 0 Å². The molecule has 0 atom stereocenters. The predicted octanol–water partition coefficient (Wildman–Crippen LogP) is 3.50. The fourth-order valence-corrected chi connectivity index (χ4v) is 1.79. The summed E-state index contributed by atoms with van der Waals surface area (Å²) < 4.78 is 0. The van der Waals surface area contributed by atoms with Crippen molar-refractivity contribution in [3.63, 3.8) is 0 Å². The number of phenolic OH excluding ortho intramolecular Hbond substituents is 1. The van der Waals surface area contributed by atoms with Gasteiger partial charge in [0.15, 0.2) is 0 Å². The molecular formula is C14H17ClN2O2. The molecule has 0 aliphatic heterocycles. The predicted molar refractivity (Wildman–Crippen MR) is 80.2 cm³/mol. The van der Waals surface area contributed by atoms with Crippen LogP contribution in [0.1, 0.15) is 13.3 Å².